The third-order valence-electron chi connectivity index (χ3n) is 5.59. The summed E-state index contributed by atoms with van der Waals surface area (Å²) in [5.41, 5.74) is 3.61. The zero-order chi connectivity index (χ0) is 20.7. The van der Waals surface area contributed by atoms with Gasteiger partial charge in [-0.1, -0.05) is 17.7 Å². The summed E-state index contributed by atoms with van der Waals surface area (Å²) in [7, 11) is 0. The Morgan fingerprint density at radius 2 is 2.07 bits per heavy atom. The lowest BCUT2D eigenvalue weighted by Gasteiger charge is -2.11. The molecule has 1 amide bonds. The van der Waals surface area contributed by atoms with Gasteiger partial charge in [-0.2, -0.15) is 0 Å². The van der Waals surface area contributed by atoms with Gasteiger partial charge in [0.1, 0.15) is 0 Å². The molecule has 1 aliphatic rings. The van der Waals surface area contributed by atoms with Gasteiger partial charge in [0, 0.05) is 30.3 Å². The lowest BCUT2D eigenvalue weighted by Crippen LogP contribution is -2.31. The molecule has 2 aromatic carbocycles. The Morgan fingerprint density at radius 3 is 2.83 bits per heavy atom. The molecule has 0 aliphatic carbocycles. The molecule has 4 aromatic rings. The van der Waals surface area contributed by atoms with E-state index in [-0.39, 0.29) is 17.6 Å². The van der Waals surface area contributed by atoms with Crippen LogP contribution in [0, 0.1) is 6.92 Å². The summed E-state index contributed by atoms with van der Waals surface area (Å²) in [6, 6.07) is 13.0. The maximum absolute atomic E-state index is 12.9. The molecule has 7 nitrogen and oxygen atoms in total. The zero-order valence-corrected chi connectivity index (χ0v) is 16.6. The Labute approximate surface area is 172 Å². The molecule has 30 heavy (non-hydrogen) atoms. The van der Waals surface area contributed by atoms with Crippen molar-refractivity contribution in [3.05, 3.63) is 70.1 Å². The van der Waals surface area contributed by atoms with Crippen LogP contribution in [0.4, 0.5) is 0 Å². The molecule has 7 heteroatoms. The number of hydrogen-bond acceptors (Lipinski definition) is 4. The Balaban J connectivity index is 1.54. The number of H-pyrrole nitrogens is 1. The van der Waals surface area contributed by atoms with Gasteiger partial charge >= 0.3 is 0 Å². The van der Waals surface area contributed by atoms with E-state index >= 15 is 0 Å². The van der Waals surface area contributed by atoms with Crippen LogP contribution in [0.3, 0.4) is 0 Å². The number of nitrogens with one attached hydrogen (secondary N) is 2. The number of carbonyl (C=O) groups excluding carboxylic acids is 1. The summed E-state index contributed by atoms with van der Waals surface area (Å²) >= 11 is 0. The Hall–Kier alpha value is -3.45. The van der Waals surface area contributed by atoms with Crippen LogP contribution in [0.2, 0.25) is 0 Å². The number of benzene rings is 2. The van der Waals surface area contributed by atoms with Crippen molar-refractivity contribution >= 4 is 27.7 Å². The van der Waals surface area contributed by atoms with E-state index < -0.39 is 0 Å². The Bertz CT molecular complexity index is 1300. The van der Waals surface area contributed by atoms with Gasteiger partial charge in [-0.3, -0.25) is 19.7 Å². The second-order valence-electron chi connectivity index (χ2n) is 7.71. The van der Waals surface area contributed by atoms with Crippen molar-refractivity contribution < 1.29 is 9.53 Å². The number of amides is 1. The van der Waals surface area contributed by atoms with E-state index in [9.17, 15) is 9.59 Å². The number of pyridine rings is 1. The summed E-state index contributed by atoms with van der Waals surface area (Å²) in [5, 5.41) is 7.36. The minimum Gasteiger partial charge on any atom is -0.376 e. The van der Waals surface area contributed by atoms with Gasteiger partial charge in [-0.05, 0) is 50.1 Å². The first kappa shape index (κ1) is 18.6. The molecule has 0 bridgehead atoms. The van der Waals surface area contributed by atoms with E-state index in [2.05, 4.69) is 15.4 Å². The summed E-state index contributed by atoms with van der Waals surface area (Å²) in [6.45, 7) is 3.26. The molecule has 0 radical (unpaired) electrons. The van der Waals surface area contributed by atoms with Gasteiger partial charge in [0.15, 0.2) is 0 Å². The van der Waals surface area contributed by atoms with Crippen molar-refractivity contribution in [1.82, 2.24) is 20.1 Å². The minimum absolute atomic E-state index is 0.0858. The molecule has 152 valence electrons. The van der Waals surface area contributed by atoms with Crippen LogP contribution in [0.15, 0.2) is 53.5 Å². The van der Waals surface area contributed by atoms with Gasteiger partial charge in [0.2, 0.25) is 0 Å². The number of nitrogens with zero attached hydrogens (tertiary/aromatic N) is 2. The maximum Gasteiger partial charge on any atom is 0.280 e. The number of fused-ring (bicyclic) bond motifs is 3. The number of rotatable bonds is 4. The van der Waals surface area contributed by atoms with Gasteiger partial charge in [0.05, 0.1) is 28.2 Å². The van der Waals surface area contributed by atoms with Gasteiger partial charge < -0.3 is 10.1 Å². The highest BCUT2D eigenvalue weighted by atomic mass is 16.5. The van der Waals surface area contributed by atoms with Crippen molar-refractivity contribution in [2.24, 2.45) is 0 Å². The highest BCUT2D eigenvalue weighted by Gasteiger charge is 2.18. The molecular weight excluding hydrogens is 380 g/mol. The van der Waals surface area contributed by atoms with E-state index in [1.165, 1.54) is 4.68 Å². The number of hydrogen-bond donors (Lipinski definition) is 2. The molecule has 1 saturated heterocycles. The lowest BCUT2D eigenvalue weighted by molar-refractivity contribution is 0.0858. The van der Waals surface area contributed by atoms with Crippen molar-refractivity contribution in [3.63, 3.8) is 0 Å². The number of carbonyl (C=O) groups is 1. The predicted octanol–water partition coefficient (Wildman–Crippen LogP) is 3.08. The maximum atomic E-state index is 12.9. The summed E-state index contributed by atoms with van der Waals surface area (Å²) < 4.78 is 7.07. The number of aromatic nitrogens is 3. The summed E-state index contributed by atoms with van der Waals surface area (Å²) in [4.78, 5) is 30.0. The highest BCUT2D eigenvalue weighted by molar-refractivity contribution is 6.06. The summed E-state index contributed by atoms with van der Waals surface area (Å²) in [5.74, 6) is -0.162. The molecule has 0 saturated carbocycles. The SMILES string of the molecule is Cc1ccc(-n2[nH]c3c(cnc4ccc(C(=O)NCC5CCCO5)cc43)c2=O)cc1. The fraction of sp³-hybridized carbons (Fsp3) is 0.261. The molecule has 3 heterocycles. The monoisotopic (exact) mass is 402 g/mol. The van der Waals surface area contributed by atoms with Crippen LogP contribution < -0.4 is 10.9 Å². The number of aromatic amines is 1. The molecule has 1 aliphatic heterocycles. The smallest absolute Gasteiger partial charge is 0.280 e. The summed E-state index contributed by atoms with van der Waals surface area (Å²) in [6.07, 6.45) is 3.67. The third-order valence-corrected chi connectivity index (χ3v) is 5.59. The largest absolute Gasteiger partial charge is 0.376 e. The predicted molar refractivity (Wildman–Crippen MR) is 115 cm³/mol. The third kappa shape index (κ3) is 3.27. The first-order valence-corrected chi connectivity index (χ1v) is 10.1. The van der Waals surface area contributed by atoms with Crippen molar-refractivity contribution in [3.8, 4) is 5.69 Å². The zero-order valence-electron chi connectivity index (χ0n) is 16.6. The van der Waals surface area contributed by atoms with Crippen molar-refractivity contribution in [2.45, 2.75) is 25.9 Å². The number of ether oxygens (including phenoxy) is 1. The van der Waals surface area contributed by atoms with Gasteiger partial charge in [0.25, 0.3) is 11.5 Å². The van der Waals surface area contributed by atoms with Gasteiger partial charge in [-0.15, -0.1) is 0 Å². The van der Waals surface area contributed by atoms with Crippen LogP contribution in [0.25, 0.3) is 27.5 Å². The normalized spacial score (nSPS) is 16.4. The molecule has 1 atom stereocenters. The minimum atomic E-state index is -0.170. The van der Waals surface area contributed by atoms with E-state index in [4.69, 9.17) is 4.74 Å². The fourth-order valence-electron chi connectivity index (χ4n) is 3.89. The van der Waals surface area contributed by atoms with Crippen LogP contribution in [-0.2, 0) is 4.74 Å². The van der Waals surface area contributed by atoms with Crippen molar-refractivity contribution in [2.75, 3.05) is 13.2 Å². The van der Waals surface area contributed by atoms with E-state index in [1.54, 1.807) is 24.4 Å². The van der Waals surface area contributed by atoms with Crippen molar-refractivity contribution in [1.29, 1.82) is 0 Å². The topological polar surface area (TPSA) is 89.0 Å². The molecule has 5 rings (SSSR count). The lowest BCUT2D eigenvalue weighted by atomic mass is 10.1. The first-order valence-electron chi connectivity index (χ1n) is 10.1. The average molecular weight is 402 g/mol. The second-order valence-corrected chi connectivity index (χ2v) is 7.71. The molecule has 2 N–H and O–H groups in total. The fourth-order valence-corrected chi connectivity index (χ4v) is 3.89. The standard InChI is InChI=1S/C23H22N4O3/c1-14-4-7-16(8-5-14)27-23(29)19-13-24-20-9-6-15(11-18(20)21(19)26-27)22(28)25-12-17-3-2-10-30-17/h4-9,11,13,17,26H,2-3,10,12H2,1H3,(H,25,28). The highest BCUT2D eigenvalue weighted by Crippen LogP contribution is 2.22. The van der Waals surface area contributed by atoms with Gasteiger partial charge in [-0.25, -0.2) is 4.68 Å². The molecule has 1 fully saturated rings. The second kappa shape index (κ2) is 7.42. The van der Waals surface area contributed by atoms with E-state index in [0.717, 1.165) is 41.6 Å². The van der Waals surface area contributed by atoms with Crippen LogP contribution in [0.5, 0.6) is 0 Å². The van der Waals surface area contributed by atoms with Crippen LogP contribution >= 0.6 is 0 Å². The molecular formula is C23H22N4O3. The average Bonchev–Trinajstić information content (AvgIpc) is 3.40. The molecule has 0 spiro atoms. The Kier molecular flexibility index (Phi) is 4.59. The first-order chi connectivity index (χ1) is 14.6. The van der Waals surface area contributed by atoms with E-state index in [0.29, 0.717) is 23.0 Å². The Morgan fingerprint density at radius 1 is 1.23 bits per heavy atom. The number of aryl methyl sites for hydroxylation is 1. The quantitative estimate of drug-likeness (QED) is 0.549. The van der Waals surface area contributed by atoms with Crippen LogP contribution in [0.1, 0.15) is 28.8 Å². The molecule has 1 unspecified atom stereocenters. The van der Waals surface area contributed by atoms with Crippen LogP contribution in [-0.4, -0.2) is 39.9 Å². The van der Waals surface area contributed by atoms with E-state index in [1.807, 2.05) is 31.2 Å². The molecule has 2 aromatic heterocycles.